The monoisotopic (exact) mass is 267 g/mol. The summed E-state index contributed by atoms with van der Waals surface area (Å²) in [5.74, 6) is 1.29. The summed E-state index contributed by atoms with van der Waals surface area (Å²) >= 11 is 6.32. The molecule has 0 fully saturated rings. The second kappa shape index (κ2) is 8.55. The Balaban J connectivity index is 2.66. The standard InChI is InChI=1S/C16H26ClN/c1-4-11-18-12-14(10-9-13(2)3)15-7-5-6-8-16(15)17/h5-8,13-14,18H,4,9-12H2,1-3H3. The van der Waals surface area contributed by atoms with Crippen LogP contribution in [0.3, 0.4) is 0 Å². The van der Waals surface area contributed by atoms with Crippen molar-refractivity contribution in [2.45, 2.75) is 46.0 Å². The highest BCUT2D eigenvalue weighted by atomic mass is 35.5. The van der Waals surface area contributed by atoms with Crippen molar-refractivity contribution in [2.24, 2.45) is 5.92 Å². The van der Waals surface area contributed by atoms with E-state index < -0.39 is 0 Å². The molecule has 0 saturated heterocycles. The van der Waals surface area contributed by atoms with Crippen molar-refractivity contribution in [1.29, 1.82) is 0 Å². The van der Waals surface area contributed by atoms with Crippen molar-refractivity contribution < 1.29 is 0 Å². The molecule has 1 aromatic carbocycles. The molecule has 0 spiro atoms. The molecule has 0 aliphatic carbocycles. The highest BCUT2D eigenvalue weighted by molar-refractivity contribution is 6.31. The van der Waals surface area contributed by atoms with E-state index in [2.05, 4.69) is 38.2 Å². The predicted octanol–water partition coefficient (Wildman–Crippen LogP) is 4.86. The Morgan fingerprint density at radius 1 is 1.17 bits per heavy atom. The van der Waals surface area contributed by atoms with Gasteiger partial charge in [-0.1, -0.05) is 57.0 Å². The molecule has 1 nitrogen and oxygen atoms in total. The molecule has 0 saturated carbocycles. The molecule has 1 atom stereocenters. The lowest BCUT2D eigenvalue weighted by atomic mass is 9.91. The van der Waals surface area contributed by atoms with E-state index in [0.717, 1.165) is 24.0 Å². The van der Waals surface area contributed by atoms with Crippen LogP contribution in [0.2, 0.25) is 5.02 Å². The first-order valence-electron chi connectivity index (χ1n) is 7.10. The zero-order valence-corrected chi connectivity index (χ0v) is 12.6. The van der Waals surface area contributed by atoms with Crippen LogP contribution in [0.1, 0.15) is 51.5 Å². The van der Waals surface area contributed by atoms with Crippen LogP contribution in [0.4, 0.5) is 0 Å². The maximum absolute atomic E-state index is 6.32. The van der Waals surface area contributed by atoms with E-state index in [1.54, 1.807) is 0 Å². The minimum atomic E-state index is 0.535. The molecule has 0 radical (unpaired) electrons. The number of benzene rings is 1. The summed E-state index contributed by atoms with van der Waals surface area (Å²) in [6, 6.07) is 8.26. The van der Waals surface area contributed by atoms with Gasteiger partial charge >= 0.3 is 0 Å². The maximum atomic E-state index is 6.32. The molecule has 102 valence electrons. The first kappa shape index (κ1) is 15.5. The zero-order chi connectivity index (χ0) is 13.4. The molecular formula is C16H26ClN. The normalized spacial score (nSPS) is 12.9. The number of halogens is 1. The van der Waals surface area contributed by atoms with Crippen LogP contribution in [0.25, 0.3) is 0 Å². The molecule has 1 aromatic rings. The van der Waals surface area contributed by atoms with Crippen LogP contribution in [0.15, 0.2) is 24.3 Å². The van der Waals surface area contributed by atoms with E-state index >= 15 is 0 Å². The molecule has 0 bridgehead atoms. The largest absolute Gasteiger partial charge is 0.316 e. The Kier molecular flexibility index (Phi) is 7.38. The van der Waals surface area contributed by atoms with Crippen molar-refractivity contribution in [3.63, 3.8) is 0 Å². The van der Waals surface area contributed by atoms with Gasteiger partial charge in [0.05, 0.1) is 0 Å². The molecule has 0 aliphatic heterocycles. The average molecular weight is 268 g/mol. The molecule has 0 amide bonds. The van der Waals surface area contributed by atoms with E-state index in [4.69, 9.17) is 11.6 Å². The fourth-order valence-electron chi connectivity index (χ4n) is 2.16. The van der Waals surface area contributed by atoms with E-state index in [0.29, 0.717) is 5.92 Å². The van der Waals surface area contributed by atoms with Crippen LogP contribution >= 0.6 is 11.6 Å². The fourth-order valence-corrected chi connectivity index (χ4v) is 2.45. The lowest BCUT2D eigenvalue weighted by Crippen LogP contribution is -2.23. The minimum absolute atomic E-state index is 0.535. The van der Waals surface area contributed by atoms with E-state index in [1.807, 2.05) is 12.1 Å². The molecule has 0 heterocycles. The van der Waals surface area contributed by atoms with E-state index in [9.17, 15) is 0 Å². The van der Waals surface area contributed by atoms with Crippen molar-refractivity contribution in [1.82, 2.24) is 5.32 Å². The Hall–Kier alpha value is -0.530. The van der Waals surface area contributed by atoms with Crippen molar-refractivity contribution in [3.8, 4) is 0 Å². The number of rotatable bonds is 8. The molecule has 0 aliphatic rings. The Labute approximate surface area is 117 Å². The average Bonchev–Trinajstić information content (AvgIpc) is 2.34. The van der Waals surface area contributed by atoms with Crippen molar-refractivity contribution in [3.05, 3.63) is 34.9 Å². The highest BCUT2D eigenvalue weighted by Crippen LogP contribution is 2.28. The Bertz CT molecular complexity index is 336. The zero-order valence-electron chi connectivity index (χ0n) is 11.9. The first-order valence-corrected chi connectivity index (χ1v) is 7.48. The molecule has 2 heteroatoms. The predicted molar refractivity (Wildman–Crippen MR) is 81.4 cm³/mol. The summed E-state index contributed by atoms with van der Waals surface area (Å²) < 4.78 is 0. The third-order valence-electron chi connectivity index (χ3n) is 3.26. The lowest BCUT2D eigenvalue weighted by Gasteiger charge is -2.20. The third-order valence-corrected chi connectivity index (χ3v) is 3.60. The van der Waals surface area contributed by atoms with Gasteiger partial charge in [0.15, 0.2) is 0 Å². The van der Waals surface area contributed by atoms with Crippen LogP contribution in [-0.4, -0.2) is 13.1 Å². The van der Waals surface area contributed by atoms with Gasteiger partial charge in [0.2, 0.25) is 0 Å². The minimum Gasteiger partial charge on any atom is -0.316 e. The van der Waals surface area contributed by atoms with Crippen LogP contribution < -0.4 is 5.32 Å². The van der Waals surface area contributed by atoms with Crippen LogP contribution in [0, 0.1) is 5.92 Å². The molecule has 0 aromatic heterocycles. The van der Waals surface area contributed by atoms with Gasteiger partial charge in [-0.3, -0.25) is 0 Å². The lowest BCUT2D eigenvalue weighted by molar-refractivity contribution is 0.476. The topological polar surface area (TPSA) is 12.0 Å². The van der Waals surface area contributed by atoms with E-state index in [1.165, 1.54) is 24.8 Å². The summed E-state index contributed by atoms with van der Waals surface area (Å²) in [5, 5.41) is 4.43. The summed E-state index contributed by atoms with van der Waals surface area (Å²) in [7, 11) is 0. The van der Waals surface area contributed by atoms with Crippen LogP contribution in [-0.2, 0) is 0 Å². The number of nitrogens with one attached hydrogen (secondary N) is 1. The molecular weight excluding hydrogens is 242 g/mol. The Morgan fingerprint density at radius 2 is 1.89 bits per heavy atom. The van der Waals surface area contributed by atoms with Gasteiger partial charge in [-0.15, -0.1) is 0 Å². The van der Waals surface area contributed by atoms with E-state index in [-0.39, 0.29) is 0 Å². The second-order valence-electron chi connectivity index (χ2n) is 5.39. The van der Waals surface area contributed by atoms with Gasteiger partial charge in [-0.25, -0.2) is 0 Å². The van der Waals surface area contributed by atoms with Crippen molar-refractivity contribution >= 4 is 11.6 Å². The molecule has 18 heavy (non-hydrogen) atoms. The summed E-state index contributed by atoms with van der Waals surface area (Å²) in [6.45, 7) is 8.88. The number of hydrogen-bond acceptors (Lipinski definition) is 1. The summed E-state index contributed by atoms with van der Waals surface area (Å²) in [4.78, 5) is 0. The summed E-state index contributed by atoms with van der Waals surface area (Å²) in [6.07, 6.45) is 3.64. The van der Waals surface area contributed by atoms with Gasteiger partial charge in [-0.05, 0) is 42.9 Å². The van der Waals surface area contributed by atoms with Gasteiger partial charge in [0.1, 0.15) is 0 Å². The van der Waals surface area contributed by atoms with Gasteiger partial charge in [-0.2, -0.15) is 0 Å². The highest BCUT2D eigenvalue weighted by Gasteiger charge is 2.14. The fraction of sp³-hybridized carbons (Fsp3) is 0.625. The third kappa shape index (κ3) is 5.41. The smallest absolute Gasteiger partial charge is 0.0441 e. The SMILES string of the molecule is CCCNCC(CCC(C)C)c1ccccc1Cl. The molecule has 1 N–H and O–H groups in total. The number of hydrogen-bond donors (Lipinski definition) is 1. The second-order valence-corrected chi connectivity index (χ2v) is 5.80. The molecule has 1 rings (SSSR count). The molecule has 1 unspecified atom stereocenters. The maximum Gasteiger partial charge on any atom is 0.0441 e. The Morgan fingerprint density at radius 3 is 2.50 bits per heavy atom. The van der Waals surface area contributed by atoms with Gasteiger partial charge in [0.25, 0.3) is 0 Å². The summed E-state index contributed by atoms with van der Waals surface area (Å²) in [5.41, 5.74) is 1.29. The van der Waals surface area contributed by atoms with Gasteiger partial charge in [0, 0.05) is 11.6 Å². The quantitative estimate of drug-likeness (QED) is 0.664. The first-order chi connectivity index (χ1) is 8.65. The van der Waals surface area contributed by atoms with Crippen molar-refractivity contribution in [2.75, 3.05) is 13.1 Å². The van der Waals surface area contributed by atoms with Crippen LogP contribution in [0.5, 0.6) is 0 Å². The van der Waals surface area contributed by atoms with Gasteiger partial charge < -0.3 is 5.32 Å².